The molecule has 4 amide bonds. The molecule has 81 heavy (non-hydrogen) atoms. The van der Waals surface area contributed by atoms with Gasteiger partial charge in [-0.25, -0.2) is 15.1 Å². The van der Waals surface area contributed by atoms with Crippen molar-refractivity contribution in [3.63, 3.8) is 0 Å². The Morgan fingerprint density at radius 3 is 1.94 bits per heavy atom. The molecule has 0 aliphatic carbocycles. The van der Waals surface area contributed by atoms with Gasteiger partial charge in [-0.05, 0) is 99.7 Å². The predicted molar refractivity (Wildman–Crippen MR) is 310 cm³/mol. The number of rotatable bonds is 36. The zero-order valence-corrected chi connectivity index (χ0v) is 47.3. The van der Waals surface area contributed by atoms with Gasteiger partial charge in [-0.1, -0.05) is 141 Å². The number of esters is 1. The molecule has 0 saturated carbocycles. The molecule has 0 aliphatic heterocycles. The number of amides is 4. The number of para-hydroxylation sites is 1. The highest BCUT2D eigenvalue weighted by Gasteiger charge is 2.33. The number of aromatic nitrogens is 1. The monoisotopic (exact) mass is 1120 g/mol. The van der Waals surface area contributed by atoms with Crippen molar-refractivity contribution in [2.45, 2.75) is 154 Å². The Bertz CT molecular complexity index is 2730. The normalized spacial score (nSPS) is 13.0. The maximum atomic E-state index is 14.8. The van der Waals surface area contributed by atoms with E-state index in [1.807, 2.05) is 130 Å². The van der Waals surface area contributed by atoms with E-state index in [0.29, 0.717) is 25.3 Å². The lowest BCUT2D eigenvalue weighted by Crippen LogP contribution is -2.54. The molecule has 1 heterocycles. The standard InChI is InChI=1S/C61H83N9O11/c1-61(2,3)79-60(76)65-35-21-11-9-7-5-6-8-10-18-30-55(72)67-52(38-44-31-33-48(34-32-44)78-42-45-25-16-13-17-26-45)54(71)40-46(37-43-23-14-12-15-24-43)56(73)68-51(29-22-36-64-59(62)70-81-80-63)57(74)69-53(58(75)77-4)39-47-41-66-50-28-20-19-27-49(47)50/h12-17,19-20,23-28,31-34,41,46,51-53,66H,5-11,18,21-22,29-30,35-40,42,63H2,1-4H3,(H,65,76)(H,67,72)(H,68,73)(H,69,74)(H3,62,64,70). The van der Waals surface area contributed by atoms with E-state index in [-0.39, 0.29) is 69.1 Å². The Labute approximate surface area is 475 Å². The first-order chi connectivity index (χ1) is 39.1. The van der Waals surface area contributed by atoms with Crippen LogP contribution in [0.5, 0.6) is 5.75 Å². The minimum atomic E-state index is -1.22. The molecular formula is C61H83N9O11. The molecule has 1 aromatic heterocycles. The summed E-state index contributed by atoms with van der Waals surface area (Å²) < 4.78 is 16.4. The second-order valence-electron chi connectivity index (χ2n) is 21.1. The number of ether oxygens (including phenoxy) is 3. The van der Waals surface area contributed by atoms with Gasteiger partial charge in [0.05, 0.1) is 13.2 Å². The van der Waals surface area contributed by atoms with Gasteiger partial charge < -0.3 is 46.2 Å². The molecule has 0 saturated heterocycles. The van der Waals surface area contributed by atoms with Crippen molar-refractivity contribution in [2.24, 2.45) is 22.5 Å². The predicted octanol–water partition coefficient (Wildman–Crippen LogP) is 7.82. The van der Waals surface area contributed by atoms with Crippen LogP contribution in [0.15, 0.2) is 120 Å². The van der Waals surface area contributed by atoms with Crippen LogP contribution < -0.4 is 43.1 Å². The quantitative estimate of drug-likeness (QED) is 0.00474. The van der Waals surface area contributed by atoms with Crippen LogP contribution in [0.3, 0.4) is 0 Å². The number of methoxy groups -OCH3 is 1. The molecule has 20 heteroatoms. The number of fused-ring (bicyclic) bond motifs is 1. The molecule has 4 unspecified atom stereocenters. The summed E-state index contributed by atoms with van der Waals surface area (Å²) in [5.41, 5.74) is 11.7. The number of nitrogens with one attached hydrogen (secondary N) is 6. The fourth-order valence-electron chi connectivity index (χ4n) is 9.18. The molecule has 0 fully saturated rings. The highest BCUT2D eigenvalue weighted by Crippen LogP contribution is 2.22. The largest absolute Gasteiger partial charge is 0.489 e. The summed E-state index contributed by atoms with van der Waals surface area (Å²) in [6.45, 7) is 6.54. The first kappa shape index (κ1) is 64.0. The summed E-state index contributed by atoms with van der Waals surface area (Å²) in [5, 5.41) is 12.4. The second kappa shape index (κ2) is 35.0. The number of carbonyl (C=O) groups excluding carboxylic acids is 6. The summed E-state index contributed by atoms with van der Waals surface area (Å²) >= 11 is 0. The number of aliphatic imine (C=N–C) groups is 1. The fraction of sp³-hybridized carbons (Fsp3) is 0.459. The average molecular weight is 1120 g/mol. The summed E-state index contributed by atoms with van der Waals surface area (Å²) in [4.78, 5) is 98.7. The number of guanidine groups is 1. The summed E-state index contributed by atoms with van der Waals surface area (Å²) in [7, 11) is 1.23. The summed E-state index contributed by atoms with van der Waals surface area (Å²) in [6, 6.07) is 30.6. The van der Waals surface area contributed by atoms with Gasteiger partial charge in [0.25, 0.3) is 0 Å². The molecule has 0 aliphatic rings. The number of hydrogen-bond acceptors (Lipinski definition) is 13. The summed E-state index contributed by atoms with van der Waals surface area (Å²) in [5.74, 6) is 1.80. The fourth-order valence-corrected chi connectivity index (χ4v) is 9.18. The molecule has 0 spiro atoms. The van der Waals surface area contributed by atoms with Crippen molar-refractivity contribution in [1.82, 2.24) is 31.7 Å². The molecule has 4 atom stereocenters. The Morgan fingerprint density at radius 1 is 0.654 bits per heavy atom. The molecular weight excluding hydrogens is 1030 g/mol. The Hall–Kier alpha value is -7.81. The third-order valence-corrected chi connectivity index (χ3v) is 13.4. The number of aromatic amines is 1. The number of ketones is 1. The van der Waals surface area contributed by atoms with Gasteiger partial charge in [0, 0.05) is 55.4 Å². The van der Waals surface area contributed by atoms with Crippen molar-refractivity contribution in [3.05, 3.63) is 138 Å². The first-order valence-corrected chi connectivity index (χ1v) is 28.0. The van der Waals surface area contributed by atoms with Gasteiger partial charge >= 0.3 is 12.1 Å². The Morgan fingerprint density at radius 2 is 1.27 bits per heavy atom. The maximum absolute atomic E-state index is 14.8. The van der Waals surface area contributed by atoms with Gasteiger partial charge in [-0.15, -0.1) is 4.99 Å². The number of hydrogen-bond donors (Lipinski definition) is 8. The van der Waals surface area contributed by atoms with Crippen molar-refractivity contribution < 1.29 is 53.0 Å². The SMILES string of the molecule is COC(=O)C(Cc1c[nH]c2ccccc12)NC(=O)C(CCCN=C(N)NOON)NC(=O)C(CC(=O)C(Cc1ccc(OCc2ccccc2)cc1)NC(=O)CCCCCCCCCCCNC(=O)OC(C)(C)C)Cc1ccccc1. The van der Waals surface area contributed by atoms with Gasteiger partial charge in [-0.2, -0.15) is 5.90 Å². The number of nitrogens with two attached hydrogens (primary N) is 2. The van der Waals surface area contributed by atoms with Crippen LogP contribution in [-0.2, 0) is 69.3 Å². The van der Waals surface area contributed by atoms with Crippen LogP contribution in [0.25, 0.3) is 10.9 Å². The molecule has 20 nitrogen and oxygen atoms in total. The highest BCUT2D eigenvalue weighted by atomic mass is 17.3. The zero-order chi connectivity index (χ0) is 58.2. The summed E-state index contributed by atoms with van der Waals surface area (Å²) in [6.07, 6.45) is 10.6. The van der Waals surface area contributed by atoms with E-state index in [0.717, 1.165) is 84.5 Å². The lowest BCUT2D eigenvalue weighted by atomic mass is 9.89. The number of benzene rings is 4. The molecule has 10 N–H and O–H groups in total. The van der Waals surface area contributed by atoms with Crippen molar-refractivity contribution in [2.75, 3.05) is 20.2 Å². The number of Topliss-reactive ketones (excluding diaryl/α,β-unsaturated/α-hetero) is 1. The van der Waals surface area contributed by atoms with Gasteiger partial charge in [0.1, 0.15) is 30.0 Å². The highest BCUT2D eigenvalue weighted by molar-refractivity contribution is 5.95. The van der Waals surface area contributed by atoms with E-state index in [9.17, 15) is 28.8 Å². The molecule has 5 rings (SSSR count). The minimum absolute atomic E-state index is 0.0377. The number of unbranched alkanes of at least 4 members (excludes halogenated alkanes) is 8. The number of nitrogens with zero attached hydrogens (tertiary/aromatic N) is 1. The Kier molecular flexibility index (Phi) is 27.7. The average Bonchev–Trinajstić information content (AvgIpc) is 4.10. The third-order valence-electron chi connectivity index (χ3n) is 13.4. The van der Waals surface area contributed by atoms with E-state index in [1.165, 1.54) is 7.11 Å². The lowest BCUT2D eigenvalue weighted by Gasteiger charge is -2.25. The number of carbonyl (C=O) groups is 6. The number of H-pyrrole nitrogens is 1. The van der Waals surface area contributed by atoms with Gasteiger partial charge in [-0.3, -0.25) is 24.2 Å². The first-order valence-electron chi connectivity index (χ1n) is 28.0. The van der Waals surface area contributed by atoms with Crippen LogP contribution in [0.2, 0.25) is 0 Å². The smallest absolute Gasteiger partial charge is 0.407 e. The topological polar surface area (TPSA) is 289 Å². The van der Waals surface area contributed by atoms with E-state index >= 15 is 0 Å². The van der Waals surface area contributed by atoms with E-state index in [1.54, 1.807) is 6.20 Å². The molecule has 4 aromatic carbocycles. The number of alkyl carbamates (subject to hydrolysis) is 1. The van der Waals surface area contributed by atoms with Crippen LogP contribution in [0, 0.1) is 5.92 Å². The van der Waals surface area contributed by atoms with Crippen molar-refractivity contribution in [1.29, 1.82) is 0 Å². The zero-order valence-electron chi connectivity index (χ0n) is 47.3. The van der Waals surface area contributed by atoms with Crippen molar-refractivity contribution in [3.8, 4) is 5.75 Å². The van der Waals surface area contributed by atoms with E-state index in [4.69, 9.17) is 25.8 Å². The van der Waals surface area contributed by atoms with Crippen LogP contribution in [0.1, 0.15) is 126 Å². The Balaban J connectivity index is 1.28. The number of hydroxylamine groups is 1. The van der Waals surface area contributed by atoms with Gasteiger partial charge in [0.15, 0.2) is 5.78 Å². The van der Waals surface area contributed by atoms with Gasteiger partial charge in [0.2, 0.25) is 23.7 Å². The molecule has 0 bridgehead atoms. The molecule has 438 valence electrons. The minimum Gasteiger partial charge on any atom is -0.489 e. The molecule has 5 aromatic rings. The maximum Gasteiger partial charge on any atom is 0.407 e. The van der Waals surface area contributed by atoms with Crippen LogP contribution in [0.4, 0.5) is 4.79 Å². The van der Waals surface area contributed by atoms with Crippen LogP contribution in [-0.4, -0.2) is 90.4 Å². The van der Waals surface area contributed by atoms with E-state index in [2.05, 4.69) is 46.7 Å². The lowest BCUT2D eigenvalue weighted by molar-refractivity contribution is -0.326. The third kappa shape index (κ3) is 24.6. The molecule has 0 radical (unpaired) electrons. The van der Waals surface area contributed by atoms with Crippen molar-refractivity contribution >= 4 is 52.4 Å². The van der Waals surface area contributed by atoms with Crippen LogP contribution >= 0.6 is 0 Å². The second-order valence-corrected chi connectivity index (χ2v) is 21.1. The van der Waals surface area contributed by atoms with E-state index < -0.39 is 53.5 Å².